The van der Waals surface area contributed by atoms with Crippen LogP contribution < -0.4 is 0 Å². The van der Waals surface area contributed by atoms with E-state index in [4.69, 9.17) is 9.84 Å². The number of hydrogen-bond acceptors (Lipinski definition) is 6. The number of aliphatic hydroxyl groups is 4. The van der Waals surface area contributed by atoms with Crippen molar-refractivity contribution in [1.29, 1.82) is 0 Å². The molecular weight excluding hydrogens is 180 g/mol. The first-order valence-corrected chi connectivity index (χ1v) is 3.83. The molecule has 1 fully saturated rings. The van der Waals surface area contributed by atoms with Gasteiger partial charge in [-0.05, 0) is 6.92 Å². The smallest absolute Gasteiger partial charge is 0.226 e. The van der Waals surface area contributed by atoms with Gasteiger partial charge in [0.1, 0.15) is 6.10 Å². The van der Waals surface area contributed by atoms with Crippen molar-refractivity contribution in [3.05, 3.63) is 0 Å². The quantitative estimate of drug-likeness (QED) is 0.353. The third-order valence-corrected chi connectivity index (χ3v) is 2.29. The molecule has 6 nitrogen and oxygen atoms in total. The van der Waals surface area contributed by atoms with E-state index >= 15 is 0 Å². The minimum Gasteiger partial charge on any atom is -0.385 e. The van der Waals surface area contributed by atoms with Gasteiger partial charge in [-0.2, -0.15) is 0 Å². The summed E-state index contributed by atoms with van der Waals surface area (Å²) in [5, 5.41) is 37.5. The summed E-state index contributed by atoms with van der Waals surface area (Å²) in [7, 11) is 1.26. The van der Waals surface area contributed by atoms with Crippen LogP contribution in [0.5, 0.6) is 0 Å². The van der Waals surface area contributed by atoms with Gasteiger partial charge in [-0.3, -0.25) is 0 Å². The molecule has 0 aromatic heterocycles. The van der Waals surface area contributed by atoms with E-state index in [0.717, 1.165) is 6.92 Å². The summed E-state index contributed by atoms with van der Waals surface area (Å²) in [5.41, 5.74) is -2.07. The average molecular weight is 194 g/mol. The topological polar surface area (TPSA) is 99.4 Å². The maximum Gasteiger partial charge on any atom is 0.226 e. The molecule has 0 aliphatic carbocycles. The van der Waals surface area contributed by atoms with Crippen LogP contribution in [-0.4, -0.2) is 57.9 Å². The molecule has 1 heterocycles. The Morgan fingerprint density at radius 1 is 1.38 bits per heavy atom. The van der Waals surface area contributed by atoms with E-state index < -0.39 is 23.8 Å². The highest BCUT2D eigenvalue weighted by Gasteiger charge is 2.59. The summed E-state index contributed by atoms with van der Waals surface area (Å²) in [5.74, 6) is -2.63. The third-order valence-electron chi connectivity index (χ3n) is 2.29. The van der Waals surface area contributed by atoms with Gasteiger partial charge in [-0.15, -0.1) is 0 Å². The first-order valence-electron chi connectivity index (χ1n) is 3.83. The molecule has 6 heteroatoms. The minimum absolute atomic E-state index is 0.304. The highest BCUT2D eigenvalue weighted by molar-refractivity contribution is 4.99. The lowest BCUT2D eigenvalue weighted by Gasteiger charge is -2.47. The second-order valence-corrected chi connectivity index (χ2v) is 3.29. The van der Waals surface area contributed by atoms with Crippen LogP contribution in [0, 0.1) is 0 Å². The van der Waals surface area contributed by atoms with Crippen molar-refractivity contribution in [3.8, 4) is 0 Å². The van der Waals surface area contributed by atoms with Crippen molar-refractivity contribution in [3.63, 3.8) is 0 Å². The van der Waals surface area contributed by atoms with Crippen LogP contribution in [0.15, 0.2) is 0 Å². The van der Waals surface area contributed by atoms with E-state index in [0.29, 0.717) is 0 Å². The van der Waals surface area contributed by atoms with Crippen molar-refractivity contribution in [2.75, 3.05) is 13.7 Å². The number of ether oxygens (including phenoxy) is 2. The van der Waals surface area contributed by atoms with Gasteiger partial charge in [0.25, 0.3) is 0 Å². The summed E-state index contributed by atoms with van der Waals surface area (Å²) in [6, 6.07) is 0. The van der Waals surface area contributed by atoms with Gasteiger partial charge in [-0.1, -0.05) is 0 Å². The SMILES string of the molecule is CO[C@H]1OC[C@@H](O)C(O)(O)[C@@]1(C)O. The summed E-state index contributed by atoms with van der Waals surface area (Å²) in [4.78, 5) is 0. The zero-order chi connectivity index (χ0) is 10.3. The summed E-state index contributed by atoms with van der Waals surface area (Å²) in [6.45, 7) is 0.811. The molecule has 1 saturated heterocycles. The molecule has 3 atom stereocenters. The zero-order valence-corrected chi connectivity index (χ0v) is 7.47. The van der Waals surface area contributed by atoms with E-state index in [1.165, 1.54) is 7.11 Å². The standard InChI is InChI=1S/C7H14O6/c1-6(9)5(12-2)13-3-4(8)7(6,10)11/h4-5,8-11H,3H2,1-2H3/t4-,5+,6+/m1/s1. The number of aliphatic hydroxyl groups excluding tert-OH is 1. The van der Waals surface area contributed by atoms with Crippen LogP contribution in [0.1, 0.15) is 6.92 Å². The van der Waals surface area contributed by atoms with Crippen LogP contribution in [-0.2, 0) is 9.47 Å². The largest absolute Gasteiger partial charge is 0.385 e. The zero-order valence-electron chi connectivity index (χ0n) is 7.47. The van der Waals surface area contributed by atoms with Crippen molar-refractivity contribution in [1.82, 2.24) is 0 Å². The van der Waals surface area contributed by atoms with Gasteiger partial charge >= 0.3 is 0 Å². The highest BCUT2D eigenvalue weighted by atomic mass is 16.7. The molecule has 0 unspecified atom stereocenters. The fourth-order valence-corrected chi connectivity index (χ4v) is 1.27. The van der Waals surface area contributed by atoms with E-state index in [1.807, 2.05) is 0 Å². The normalized spacial score (nSPS) is 44.8. The van der Waals surface area contributed by atoms with Crippen molar-refractivity contribution in [2.24, 2.45) is 0 Å². The highest BCUT2D eigenvalue weighted by Crippen LogP contribution is 2.33. The predicted molar refractivity (Wildman–Crippen MR) is 40.5 cm³/mol. The van der Waals surface area contributed by atoms with E-state index in [9.17, 15) is 15.3 Å². The van der Waals surface area contributed by atoms with E-state index in [1.54, 1.807) is 0 Å². The Hall–Kier alpha value is -0.240. The van der Waals surface area contributed by atoms with Crippen molar-refractivity contribution >= 4 is 0 Å². The molecule has 0 amide bonds. The van der Waals surface area contributed by atoms with Crippen LogP contribution in [0.3, 0.4) is 0 Å². The summed E-state index contributed by atoms with van der Waals surface area (Å²) < 4.78 is 9.54. The first kappa shape index (κ1) is 10.8. The second kappa shape index (κ2) is 3.16. The lowest BCUT2D eigenvalue weighted by atomic mass is 9.88. The molecule has 0 bridgehead atoms. The van der Waals surface area contributed by atoms with Crippen LogP contribution in [0.2, 0.25) is 0 Å². The van der Waals surface area contributed by atoms with Crippen molar-refractivity contribution in [2.45, 2.75) is 30.7 Å². The molecule has 0 aromatic rings. The van der Waals surface area contributed by atoms with Gasteiger partial charge in [0.15, 0.2) is 11.9 Å². The molecule has 1 aliphatic rings. The average Bonchev–Trinajstić information content (AvgIpc) is 2.02. The van der Waals surface area contributed by atoms with Crippen LogP contribution >= 0.6 is 0 Å². The molecule has 4 N–H and O–H groups in total. The Bertz CT molecular complexity index is 189. The fraction of sp³-hybridized carbons (Fsp3) is 1.00. The Morgan fingerprint density at radius 2 is 1.92 bits per heavy atom. The van der Waals surface area contributed by atoms with E-state index in [-0.39, 0.29) is 6.61 Å². The maximum atomic E-state index is 9.62. The van der Waals surface area contributed by atoms with Crippen LogP contribution in [0.4, 0.5) is 0 Å². The lowest BCUT2D eigenvalue weighted by Crippen LogP contribution is -2.70. The van der Waals surface area contributed by atoms with Gasteiger partial charge < -0.3 is 29.9 Å². The Balaban J connectivity index is 2.92. The third kappa shape index (κ3) is 1.45. The molecule has 1 aliphatic heterocycles. The van der Waals surface area contributed by atoms with Gasteiger partial charge in [0, 0.05) is 7.11 Å². The molecule has 0 saturated carbocycles. The monoisotopic (exact) mass is 194 g/mol. The number of rotatable bonds is 1. The first-order chi connectivity index (χ1) is 5.84. The lowest BCUT2D eigenvalue weighted by molar-refractivity contribution is -0.402. The summed E-state index contributed by atoms with van der Waals surface area (Å²) >= 11 is 0. The van der Waals surface area contributed by atoms with Crippen molar-refractivity contribution < 1.29 is 29.9 Å². The van der Waals surface area contributed by atoms with Gasteiger partial charge in [0.05, 0.1) is 6.61 Å². The van der Waals surface area contributed by atoms with E-state index in [2.05, 4.69) is 4.74 Å². The fourth-order valence-electron chi connectivity index (χ4n) is 1.27. The van der Waals surface area contributed by atoms with Crippen LogP contribution in [0.25, 0.3) is 0 Å². The Labute approximate surface area is 75.3 Å². The summed E-state index contributed by atoms with van der Waals surface area (Å²) in [6.07, 6.45) is -2.74. The minimum atomic E-state index is -2.63. The maximum absolute atomic E-state index is 9.62. The number of hydrogen-bond donors (Lipinski definition) is 4. The predicted octanol–water partition coefficient (Wildman–Crippen LogP) is -2.22. The Morgan fingerprint density at radius 3 is 2.38 bits per heavy atom. The molecule has 0 aromatic carbocycles. The molecule has 13 heavy (non-hydrogen) atoms. The molecule has 1 rings (SSSR count). The second-order valence-electron chi connectivity index (χ2n) is 3.29. The Kier molecular flexibility index (Phi) is 2.63. The van der Waals surface area contributed by atoms with Gasteiger partial charge in [-0.25, -0.2) is 0 Å². The molecule has 78 valence electrons. The molecular formula is C7H14O6. The molecule has 0 radical (unpaired) electrons. The molecule has 0 spiro atoms. The van der Waals surface area contributed by atoms with Gasteiger partial charge in [0.2, 0.25) is 5.79 Å². The number of methoxy groups -OCH3 is 1.